The average Bonchev–Trinajstić information content (AvgIpc) is 3.53. The van der Waals surface area contributed by atoms with Gasteiger partial charge in [-0.15, -0.1) is 0 Å². The molecule has 1 N–H and O–H groups in total. The summed E-state index contributed by atoms with van der Waals surface area (Å²) in [7, 11) is 0. The van der Waals surface area contributed by atoms with E-state index in [2.05, 4.69) is 38.7 Å². The number of carbonyl (C=O) groups excluding carboxylic acids is 1. The molecule has 0 aromatic rings. The SMILES string of the molecule is C=C1CC[C@@H]2O[C@@]2(/N=C\[C@@H]2CC(C)=CCO2)C[C@@H]([C@H](C)O)OC(=O)/C=C\C[C@@H]2C=CC[C@@H](C[C@@H](C)C1)O2. The maximum absolute atomic E-state index is 12.6. The number of ether oxygens (including phenoxy) is 4. The third-order valence-corrected chi connectivity index (χ3v) is 7.62. The highest BCUT2D eigenvalue weighted by molar-refractivity contribution is 5.82. The van der Waals surface area contributed by atoms with E-state index >= 15 is 0 Å². The Morgan fingerprint density at radius 1 is 1.27 bits per heavy atom. The summed E-state index contributed by atoms with van der Waals surface area (Å²) in [6.45, 7) is 10.9. The lowest BCUT2D eigenvalue weighted by Gasteiger charge is -2.28. The quantitative estimate of drug-likeness (QED) is 0.247. The van der Waals surface area contributed by atoms with Gasteiger partial charge in [0.25, 0.3) is 0 Å². The summed E-state index contributed by atoms with van der Waals surface area (Å²) in [6.07, 6.45) is 15.7. The molecule has 4 aliphatic rings. The van der Waals surface area contributed by atoms with E-state index in [0.29, 0.717) is 18.9 Å². The Morgan fingerprint density at radius 3 is 2.89 bits per heavy atom. The molecule has 204 valence electrons. The number of aliphatic hydroxyl groups excluding tert-OH is 1. The highest BCUT2D eigenvalue weighted by Gasteiger charge is 2.58. The highest BCUT2D eigenvalue weighted by atomic mass is 16.6. The number of nitrogens with zero attached hydrogens (tertiary/aromatic N) is 1. The van der Waals surface area contributed by atoms with Gasteiger partial charge in [-0.3, -0.25) is 4.99 Å². The lowest BCUT2D eigenvalue weighted by atomic mass is 9.91. The zero-order valence-corrected chi connectivity index (χ0v) is 22.5. The minimum absolute atomic E-state index is 0.0524. The lowest BCUT2D eigenvalue weighted by Crippen LogP contribution is -2.34. The second kappa shape index (κ2) is 12.7. The molecular weight excluding hydrogens is 470 g/mol. The van der Waals surface area contributed by atoms with E-state index in [9.17, 15) is 9.90 Å². The van der Waals surface area contributed by atoms with Crippen LogP contribution in [0.1, 0.15) is 72.1 Å². The van der Waals surface area contributed by atoms with E-state index in [1.807, 2.05) is 6.21 Å². The number of rotatable bonds is 3. The van der Waals surface area contributed by atoms with Gasteiger partial charge in [0.1, 0.15) is 12.2 Å². The fraction of sp³-hybridized carbons (Fsp3) is 0.667. The number of aliphatic hydroxyl groups is 1. The van der Waals surface area contributed by atoms with Crippen molar-refractivity contribution in [3.05, 3.63) is 48.1 Å². The van der Waals surface area contributed by atoms with E-state index in [1.165, 1.54) is 17.2 Å². The van der Waals surface area contributed by atoms with Crippen molar-refractivity contribution in [2.45, 2.75) is 114 Å². The Labute approximate surface area is 221 Å². The number of epoxide rings is 1. The lowest BCUT2D eigenvalue weighted by molar-refractivity contribution is -0.149. The topological polar surface area (TPSA) is 89.9 Å². The number of cyclic esters (lactones) is 1. The Bertz CT molecular complexity index is 936. The van der Waals surface area contributed by atoms with Crippen LogP contribution in [0.15, 0.2) is 53.1 Å². The van der Waals surface area contributed by atoms with Crippen LogP contribution in [-0.2, 0) is 23.7 Å². The van der Waals surface area contributed by atoms with Gasteiger partial charge in [-0.05, 0) is 64.7 Å². The van der Waals surface area contributed by atoms with Crippen molar-refractivity contribution in [1.82, 2.24) is 0 Å². The Morgan fingerprint density at radius 2 is 2.11 bits per heavy atom. The van der Waals surface area contributed by atoms with Gasteiger partial charge in [-0.2, -0.15) is 0 Å². The van der Waals surface area contributed by atoms with Crippen molar-refractivity contribution in [1.29, 1.82) is 0 Å². The molecule has 0 amide bonds. The highest BCUT2D eigenvalue weighted by Crippen LogP contribution is 2.46. The number of allylic oxidation sites excluding steroid dienone is 1. The molecule has 4 aliphatic heterocycles. The Balaban J connectivity index is 1.50. The molecule has 0 radical (unpaired) electrons. The smallest absolute Gasteiger partial charge is 0.330 e. The minimum Gasteiger partial charge on any atom is -0.456 e. The van der Waals surface area contributed by atoms with Gasteiger partial charge in [0.2, 0.25) is 0 Å². The molecule has 2 bridgehead atoms. The molecule has 1 saturated heterocycles. The number of hydrogen-bond acceptors (Lipinski definition) is 7. The monoisotopic (exact) mass is 513 g/mol. The van der Waals surface area contributed by atoms with E-state index in [4.69, 9.17) is 23.9 Å². The van der Waals surface area contributed by atoms with Crippen molar-refractivity contribution >= 4 is 12.2 Å². The summed E-state index contributed by atoms with van der Waals surface area (Å²) in [6, 6.07) is 0. The standard InChI is InChI=1S/C30H43NO6/c1-20-11-12-28-30(37-28,31-19-26-16-21(2)13-14-34-26)18-27(23(4)32)36-29(33)10-6-8-24-7-5-9-25(35-24)17-22(3)15-20/h5-7,10,13,19,22-28,32H,1,8-9,11-12,14-18H2,2-4H3/b10-6-,31-19-/t22-,23-,24-,25-,26-,27-,28-,30-/m0/s1. The van der Waals surface area contributed by atoms with Crippen LogP contribution in [0.3, 0.4) is 0 Å². The molecule has 0 spiro atoms. The second-order valence-electron chi connectivity index (χ2n) is 11.2. The Hall–Kier alpha value is -2.06. The van der Waals surface area contributed by atoms with Crippen LogP contribution in [0.25, 0.3) is 0 Å². The fourth-order valence-corrected chi connectivity index (χ4v) is 5.49. The number of hydrogen-bond donors (Lipinski definition) is 1. The van der Waals surface area contributed by atoms with E-state index < -0.39 is 23.9 Å². The molecule has 0 unspecified atom stereocenters. The summed E-state index contributed by atoms with van der Waals surface area (Å²) < 4.78 is 23.9. The summed E-state index contributed by atoms with van der Waals surface area (Å²) in [5.41, 5.74) is 1.63. The number of esters is 1. The molecule has 7 nitrogen and oxygen atoms in total. The van der Waals surface area contributed by atoms with Crippen molar-refractivity contribution in [2.75, 3.05) is 6.61 Å². The van der Waals surface area contributed by atoms with Gasteiger partial charge >= 0.3 is 5.97 Å². The van der Waals surface area contributed by atoms with Gasteiger partial charge in [0.15, 0.2) is 5.72 Å². The van der Waals surface area contributed by atoms with Gasteiger partial charge < -0.3 is 24.1 Å². The molecular formula is C30H43NO6. The van der Waals surface area contributed by atoms with Gasteiger partial charge in [0.05, 0.1) is 31.0 Å². The average molecular weight is 514 g/mol. The normalized spacial score (nSPS) is 39.6. The molecule has 7 heteroatoms. The first-order valence-electron chi connectivity index (χ1n) is 13.8. The zero-order chi connectivity index (χ0) is 26.4. The first kappa shape index (κ1) is 28.0. The first-order valence-corrected chi connectivity index (χ1v) is 13.8. The van der Waals surface area contributed by atoms with Crippen LogP contribution in [0.2, 0.25) is 0 Å². The molecule has 4 rings (SSSR count). The summed E-state index contributed by atoms with van der Waals surface area (Å²) in [5.74, 6) is -0.0191. The molecule has 0 aliphatic carbocycles. The maximum atomic E-state index is 12.6. The van der Waals surface area contributed by atoms with Crippen LogP contribution >= 0.6 is 0 Å². The van der Waals surface area contributed by atoms with Crippen LogP contribution < -0.4 is 0 Å². The van der Waals surface area contributed by atoms with Crippen LogP contribution in [-0.4, -0.2) is 66.2 Å². The Kier molecular flexibility index (Phi) is 9.57. The van der Waals surface area contributed by atoms with Gasteiger partial charge in [-0.1, -0.05) is 49.0 Å². The van der Waals surface area contributed by atoms with Crippen LogP contribution in [0.5, 0.6) is 0 Å². The van der Waals surface area contributed by atoms with Crippen molar-refractivity contribution in [2.24, 2.45) is 10.9 Å². The van der Waals surface area contributed by atoms with E-state index in [0.717, 1.165) is 38.5 Å². The summed E-state index contributed by atoms with van der Waals surface area (Å²) in [4.78, 5) is 17.5. The van der Waals surface area contributed by atoms with E-state index in [-0.39, 0.29) is 30.8 Å². The third kappa shape index (κ3) is 8.21. The van der Waals surface area contributed by atoms with Crippen molar-refractivity contribution in [3.63, 3.8) is 0 Å². The molecule has 0 saturated carbocycles. The molecule has 0 aromatic carbocycles. The second-order valence-corrected chi connectivity index (χ2v) is 11.2. The molecule has 4 heterocycles. The molecule has 37 heavy (non-hydrogen) atoms. The van der Waals surface area contributed by atoms with Crippen molar-refractivity contribution in [3.8, 4) is 0 Å². The minimum atomic E-state index is -0.864. The largest absolute Gasteiger partial charge is 0.456 e. The number of aliphatic imine (C=N–C) groups is 1. The first-order chi connectivity index (χ1) is 17.7. The predicted octanol–water partition coefficient (Wildman–Crippen LogP) is 5.00. The zero-order valence-electron chi connectivity index (χ0n) is 22.5. The molecule has 1 fully saturated rings. The van der Waals surface area contributed by atoms with Crippen molar-refractivity contribution < 1.29 is 28.8 Å². The predicted molar refractivity (Wildman–Crippen MR) is 143 cm³/mol. The number of carbonyl (C=O) groups is 1. The van der Waals surface area contributed by atoms with Gasteiger partial charge in [0, 0.05) is 18.7 Å². The van der Waals surface area contributed by atoms with E-state index in [1.54, 1.807) is 13.0 Å². The molecule has 0 aromatic heterocycles. The number of fused-ring (bicyclic) bond motifs is 3. The molecule has 8 atom stereocenters. The maximum Gasteiger partial charge on any atom is 0.330 e. The van der Waals surface area contributed by atoms with Crippen LogP contribution in [0, 0.1) is 5.92 Å². The fourth-order valence-electron chi connectivity index (χ4n) is 5.49. The van der Waals surface area contributed by atoms with Gasteiger partial charge in [-0.25, -0.2) is 4.79 Å². The third-order valence-electron chi connectivity index (χ3n) is 7.62. The summed E-state index contributed by atoms with van der Waals surface area (Å²) in [5, 5.41) is 10.5. The van der Waals surface area contributed by atoms with Crippen LogP contribution in [0.4, 0.5) is 0 Å². The summed E-state index contributed by atoms with van der Waals surface area (Å²) >= 11 is 0.